The highest BCUT2D eigenvalue weighted by molar-refractivity contribution is 6.12. The summed E-state index contributed by atoms with van der Waals surface area (Å²) in [6, 6.07) is -0.653. The molecule has 0 aromatic rings. The van der Waals surface area contributed by atoms with Crippen molar-refractivity contribution in [2.75, 3.05) is 0 Å². The number of nitro groups is 1. The molecule has 1 unspecified atom stereocenters. The summed E-state index contributed by atoms with van der Waals surface area (Å²) in [6.45, 7) is 1.69. The number of rotatable bonds is 4. The van der Waals surface area contributed by atoms with E-state index in [2.05, 4.69) is 0 Å². The molecule has 24 heavy (non-hydrogen) atoms. The minimum atomic E-state index is -0.970. The average Bonchev–Trinajstić information content (AvgIpc) is 2.79. The number of nitrogens with zero attached hydrogens (tertiary/aromatic N) is 1. The zero-order valence-electron chi connectivity index (χ0n) is 13.9. The van der Waals surface area contributed by atoms with Crippen molar-refractivity contribution in [1.82, 2.24) is 0 Å². The lowest BCUT2D eigenvalue weighted by Crippen LogP contribution is -2.44. The third-order valence-electron chi connectivity index (χ3n) is 6.39. The zero-order valence-corrected chi connectivity index (χ0v) is 13.9. The van der Waals surface area contributed by atoms with Crippen LogP contribution in [0.25, 0.3) is 0 Å². The number of ketones is 3. The second-order valence-electron chi connectivity index (χ2n) is 7.68. The molecule has 0 bridgehead atoms. The van der Waals surface area contributed by atoms with Gasteiger partial charge in [-0.2, -0.15) is 0 Å². The first-order valence-corrected chi connectivity index (χ1v) is 8.74. The summed E-state index contributed by atoms with van der Waals surface area (Å²) < 4.78 is 0. The van der Waals surface area contributed by atoms with Crippen LogP contribution in [0, 0.1) is 33.3 Å². The van der Waals surface area contributed by atoms with E-state index in [1.807, 2.05) is 6.08 Å². The maximum atomic E-state index is 12.1. The summed E-state index contributed by atoms with van der Waals surface area (Å²) >= 11 is 0. The fourth-order valence-electron chi connectivity index (χ4n) is 4.80. The second-order valence-corrected chi connectivity index (χ2v) is 7.68. The minimum absolute atomic E-state index is 0.00190. The van der Waals surface area contributed by atoms with Crippen molar-refractivity contribution in [2.45, 2.75) is 57.9 Å². The molecule has 3 rings (SSSR count). The predicted octanol–water partition coefficient (Wildman–Crippen LogP) is 2.52. The third kappa shape index (κ3) is 2.82. The van der Waals surface area contributed by atoms with E-state index < -0.39 is 11.5 Å². The van der Waals surface area contributed by atoms with Crippen LogP contribution in [0.15, 0.2) is 12.2 Å². The van der Waals surface area contributed by atoms with Gasteiger partial charge in [0, 0.05) is 36.5 Å². The molecule has 0 heterocycles. The van der Waals surface area contributed by atoms with Gasteiger partial charge in [0.15, 0.2) is 5.78 Å². The lowest BCUT2D eigenvalue weighted by atomic mass is 9.63. The monoisotopic (exact) mass is 333 g/mol. The SMILES string of the molecule is CC1(CC[C@H]2C([N+](=O)[O-])CC[C@H]3CC(=O)C=C[C@@H]32)C(=O)CCC1=O. The molecule has 130 valence electrons. The van der Waals surface area contributed by atoms with Crippen LogP contribution in [0.3, 0.4) is 0 Å². The summed E-state index contributed by atoms with van der Waals surface area (Å²) in [7, 11) is 0. The normalized spacial score (nSPS) is 35.1. The highest BCUT2D eigenvalue weighted by Gasteiger charge is 2.49. The van der Waals surface area contributed by atoms with Crippen molar-refractivity contribution in [2.24, 2.45) is 23.2 Å². The Morgan fingerprint density at radius 2 is 1.88 bits per heavy atom. The summed E-state index contributed by atoms with van der Waals surface area (Å²) in [5.74, 6) is -0.0314. The van der Waals surface area contributed by atoms with Crippen LogP contribution < -0.4 is 0 Å². The van der Waals surface area contributed by atoms with Crippen molar-refractivity contribution in [3.8, 4) is 0 Å². The highest BCUT2D eigenvalue weighted by Crippen LogP contribution is 2.45. The maximum Gasteiger partial charge on any atom is 0.216 e. The number of hydrogen-bond donors (Lipinski definition) is 0. The van der Waals surface area contributed by atoms with Gasteiger partial charge in [0.05, 0.1) is 5.41 Å². The third-order valence-corrected chi connectivity index (χ3v) is 6.39. The molecule has 2 saturated carbocycles. The van der Waals surface area contributed by atoms with E-state index in [0.29, 0.717) is 44.9 Å². The number of carbonyl (C=O) groups is 3. The van der Waals surface area contributed by atoms with Crippen LogP contribution >= 0.6 is 0 Å². The first-order valence-electron chi connectivity index (χ1n) is 8.74. The molecule has 4 atom stereocenters. The van der Waals surface area contributed by atoms with Gasteiger partial charge in [-0.3, -0.25) is 24.5 Å². The molecule has 6 nitrogen and oxygen atoms in total. The van der Waals surface area contributed by atoms with Crippen LogP contribution in [0.1, 0.15) is 51.9 Å². The molecule has 3 aliphatic carbocycles. The Labute approximate surface area is 140 Å². The smallest absolute Gasteiger partial charge is 0.216 e. The molecule has 0 spiro atoms. The van der Waals surface area contributed by atoms with Gasteiger partial charge in [0.1, 0.15) is 11.6 Å². The van der Waals surface area contributed by atoms with Crippen molar-refractivity contribution in [3.05, 3.63) is 22.3 Å². The first kappa shape index (κ1) is 17.0. The van der Waals surface area contributed by atoms with Crippen molar-refractivity contribution in [1.29, 1.82) is 0 Å². The van der Waals surface area contributed by atoms with Gasteiger partial charge in [-0.15, -0.1) is 0 Å². The lowest BCUT2D eigenvalue weighted by molar-refractivity contribution is -0.538. The van der Waals surface area contributed by atoms with Crippen molar-refractivity contribution >= 4 is 17.3 Å². The molecular weight excluding hydrogens is 310 g/mol. The summed E-state index contributed by atoms with van der Waals surface area (Å²) in [4.78, 5) is 47.1. The predicted molar refractivity (Wildman–Crippen MR) is 85.8 cm³/mol. The molecule has 0 amide bonds. The van der Waals surface area contributed by atoms with Gasteiger partial charge < -0.3 is 0 Å². The number of hydrogen-bond acceptors (Lipinski definition) is 5. The largest absolute Gasteiger partial charge is 0.299 e. The van der Waals surface area contributed by atoms with Crippen LogP contribution in [-0.2, 0) is 14.4 Å². The van der Waals surface area contributed by atoms with Crippen LogP contribution in [0.4, 0.5) is 0 Å². The van der Waals surface area contributed by atoms with E-state index in [4.69, 9.17) is 0 Å². The fourth-order valence-corrected chi connectivity index (χ4v) is 4.80. The lowest BCUT2D eigenvalue weighted by Gasteiger charge is -2.40. The summed E-state index contributed by atoms with van der Waals surface area (Å²) in [5.41, 5.74) is -0.970. The average molecular weight is 333 g/mol. The number of fused-ring (bicyclic) bond motifs is 1. The molecule has 3 aliphatic rings. The molecule has 2 fully saturated rings. The van der Waals surface area contributed by atoms with Crippen LogP contribution in [0.2, 0.25) is 0 Å². The molecule has 6 heteroatoms. The minimum Gasteiger partial charge on any atom is -0.299 e. The first-order chi connectivity index (χ1) is 11.3. The Morgan fingerprint density at radius 1 is 1.21 bits per heavy atom. The molecule has 0 saturated heterocycles. The molecule has 0 N–H and O–H groups in total. The molecule has 0 aromatic heterocycles. The number of carbonyl (C=O) groups excluding carboxylic acids is 3. The Morgan fingerprint density at radius 3 is 2.50 bits per heavy atom. The van der Waals surface area contributed by atoms with Gasteiger partial charge in [0.25, 0.3) is 0 Å². The van der Waals surface area contributed by atoms with E-state index in [9.17, 15) is 24.5 Å². The highest BCUT2D eigenvalue weighted by atomic mass is 16.6. The van der Waals surface area contributed by atoms with Gasteiger partial charge >= 0.3 is 0 Å². The van der Waals surface area contributed by atoms with E-state index in [1.165, 1.54) is 0 Å². The summed E-state index contributed by atoms with van der Waals surface area (Å²) in [5, 5.41) is 11.5. The topological polar surface area (TPSA) is 94.3 Å². The van der Waals surface area contributed by atoms with Gasteiger partial charge in [0.2, 0.25) is 6.04 Å². The number of allylic oxidation sites excluding steroid dienone is 2. The quantitative estimate of drug-likeness (QED) is 0.447. The van der Waals surface area contributed by atoms with Crippen LogP contribution in [0.5, 0.6) is 0 Å². The fraction of sp³-hybridized carbons (Fsp3) is 0.722. The van der Waals surface area contributed by atoms with Gasteiger partial charge in [-0.05, 0) is 44.1 Å². The Bertz CT molecular complexity index is 607. The molecule has 0 aromatic carbocycles. The Balaban J connectivity index is 1.80. The Hall–Kier alpha value is -1.85. The number of Topliss-reactive ketones (excluding diaryl/α,β-unsaturated/α-hetero) is 2. The van der Waals surface area contributed by atoms with E-state index in [0.717, 1.165) is 0 Å². The second kappa shape index (κ2) is 6.22. The molecular formula is C18H23NO5. The van der Waals surface area contributed by atoms with E-state index >= 15 is 0 Å². The van der Waals surface area contributed by atoms with Crippen LogP contribution in [-0.4, -0.2) is 28.3 Å². The van der Waals surface area contributed by atoms with Gasteiger partial charge in [-0.1, -0.05) is 6.08 Å². The van der Waals surface area contributed by atoms with Crippen molar-refractivity contribution in [3.63, 3.8) is 0 Å². The summed E-state index contributed by atoms with van der Waals surface area (Å²) in [6.07, 6.45) is 6.44. The van der Waals surface area contributed by atoms with Crippen molar-refractivity contribution < 1.29 is 19.3 Å². The molecule has 0 radical (unpaired) electrons. The maximum absolute atomic E-state index is 12.1. The zero-order chi connectivity index (χ0) is 17.5. The Kier molecular flexibility index (Phi) is 4.40. The standard InChI is InChI=1S/C18H23NO5/c1-18(16(21)6-7-17(18)22)9-8-14-13-4-3-12(20)10-11(13)2-5-15(14)19(23)24/h3-4,11,13-15H,2,5-10H2,1H3/t11-,13-,14+,15?/m0/s1. The van der Waals surface area contributed by atoms with E-state index in [1.54, 1.807) is 13.0 Å². The van der Waals surface area contributed by atoms with Gasteiger partial charge in [-0.25, -0.2) is 0 Å². The molecule has 0 aliphatic heterocycles. The van der Waals surface area contributed by atoms with E-state index in [-0.39, 0.29) is 40.0 Å².